The van der Waals surface area contributed by atoms with Crippen LogP contribution in [0.4, 0.5) is 5.69 Å². The molecule has 0 saturated carbocycles. The van der Waals surface area contributed by atoms with Crippen LogP contribution >= 0.6 is 0 Å². The molecule has 108 valence electrons. The number of rotatable bonds is 4. The summed E-state index contributed by atoms with van der Waals surface area (Å²) in [5.41, 5.74) is 6.75. The minimum atomic E-state index is -3.64. The fourth-order valence-corrected chi connectivity index (χ4v) is 3.45. The van der Waals surface area contributed by atoms with Gasteiger partial charge in [-0.05, 0) is 50.6 Å². The summed E-state index contributed by atoms with van der Waals surface area (Å²) < 4.78 is 32.8. The van der Waals surface area contributed by atoms with Crippen molar-refractivity contribution in [3.63, 3.8) is 0 Å². The Labute approximate surface area is 118 Å². The molecule has 0 fully saturated rings. The van der Waals surface area contributed by atoms with Gasteiger partial charge in [-0.25, -0.2) is 13.1 Å². The molecule has 1 heterocycles. The van der Waals surface area contributed by atoms with Crippen molar-refractivity contribution in [2.45, 2.75) is 31.7 Å². The number of hydrogen-bond acceptors (Lipinski definition) is 4. The molecule has 0 amide bonds. The van der Waals surface area contributed by atoms with E-state index >= 15 is 0 Å². The maximum Gasteiger partial charge on any atom is 0.241 e. The first-order valence-electron chi connectivity index (χ1n) is 6.25. The average molecular weight is 294 g/mol. The third-order valence-electron chi connectivity index (χ3n) is 3.14. The van der Waals surface area contributed by atoms with E-state index in [1.807, 2.05) is 6.92 Å². The minimum Gasteiger partial charge on any atom is -0.465 e. The van der Waals surface area contributed by atoms with Gasteiger partial charge in [0.2, 0.25) is 10.0 Å². The zero-order valence-corrected chi connectivity index (χ0v) is 12.5. The molecule has 2 aromatic rings. The number of benzene rings is 1. The predicted octanol–water partition coefficient (Wildman–Crippen LogP) is 2.52. The van der Waals surface area contributed by atoms with Crippen LogP contribution < -0.4 is 10.5 Å². The van der Waals surface area contributed by atoms with Crippen LogP contribution in [0.1, 0.15) is 30.0 Å². The van der Waals surface area contributed by atoms with Gasteiger partial charge in [-0.2, -0.15) is 0 Å². The highest BCUT2D eigenvalue weighted by molar-refractivity contribution is 7.89. The van der Waals surface area contributed by atoms with Crippen molar-refractivity contribution >= 4 is 15.7 Å². The lowest BCUT2D eigenvalue weighted by Gasteiger charge is -2.14. The molecule has 1 aromatic carbocycles. The number of nitrogen functional groups attached to an aromatic ring is 1. The van der Waals surface area contributed by atoms with E-state index in [0.29, 0.717) is 17.0 Å². The van der Waals surface area contributed by atoms with E-state index in [0.717, 1.165) is 5.76 Å². The Bertz CT molecular complexity index is 720. The van der Waals surface area contributed by atoms with Gasteiger partial charge in [0, 0.05) is 5.69 Å². The zero-order valence-electron chi connectivity index (χ0n) is 11.7. The van der Waals surface area contributed by atoms with Crippen LogP contribution in [0.5, 0.6) is 0 Å². The fraction of sp³-hybridized carbons (Fsp3) is 0.286. The lowest BCUT2D eigenvalue weighted by atomic mass is 10.2. The average Bonchev–Trinajstić information content (AvgIpc) is 2.79. The summed E-state index contributed by atoms with van der Waals surface area (Å²) in [6.07, 6.45) is 0. The molecule has 0 aliphatic rings. The molecule has 0 spiro atoms. The Balaban J connectivity index is 2.30. The molecule has 1 aromatic heterocycles. The van der Waals surface area contributed by atoms with E-state index < -0.39 is 16.1 Å². The molecule has 0 aliphatic heterocycles. The summed E-state index contributed by atoms with van der Waals surface area (Å²) in [6, 6.07) is 7.94. The summed E-state index contributed by atoms with van der Waals surface area (Å²) in [4.78, 5) is 0.188. The Morgan fingerprint density at radius 2 is 1.90 bits per heavy atom. The zero-order chi connectivity index (χ0) is 14.9. The van der Waals surface area contributed by atoms with Crippen molar-refractivity contribution in [1.82, 2.24) is 4.72 Å². The first-order valence-corrected chi connectivity index (χ1v) is 7.73. The summed E-state index contributed by atoms with van der Waals surface area (Å²) in [6.45, 7) is 5.23. The second-order valence-corrected chi connectivity index (χ2v) is 6.44. The van der Waals surface area contributed by atoms with Crippen molar-refractivity contribution in [1.29, 1.82) is 0 Å². The van der Waals surface area contributed by atoms with Gasteiger partial charge in [-0.1, -0.05) is 6.07 Å². The smallest absolute Gasteiger partial charge is 0.241 e. The minimum absolute atomic E-state index is 0.188. The van der Waals surface area contributed by atoms with Crippen LogP contribution in [-0.4, -0.2) is 8.42 Å². The Morgan fingerprint density at radius 3 is 2.50 bits per heavy atom. The first-order chi connectivity index (χ1) is 9.31. The molecule has 1 atom stereocenters. The van der Waals surface area contributed by atoms with Crippen molar-refractivity contribution in [2.75, 3.05) is 5.73 Å². The lowest BCUT2D eigenvalue weighted by Crippen LogP contribution is -2.27. The van der Waals surface area contributed by atoms with Crippen LogP contribution in [0.15, 0.2) is 39.6 Å². The highest BCUT2D eigenvalue weighted by Gasteiger charge is 2.22. The van der Waals surface area contributed by atoms with Crippen LogP contribution in [0.3, 0.4) is 0 Å². The molecule has 20 heavy (non-hydrogen) atoms. The molecule has 0 saturated heterocycles. The quantitative estimate of drug-likeness (QED) is 0.848. The Morgan fingerprint density at radius 1 is 1.20 bits per heavy atom. The number of anilines is 1. The number of nitrogens with two attached hydrogens (primary N) is 1. The highest BCUT2D eigenvalue weighted by atomic mass is 32.2. The van der Waals surface area contributed by atoms with E-state index in [9.17, 15) is 8.42 Å². The van der Waals surface area contributed by atoms with E-state index in [1.54, 1.807) is 38.1 Å². The number of furan rings is 1. The highest BCUT2D eigenvalue weighted by Crippen LogP contribution is 2.23. The summed E-state index contributed by atoms with van der Waals surface area (Å²) >= 11 is 0. The van der Waals surface area contributed by atoms with Gasteiger partial charge in [-0.15, -0.1) is 0 Å². The molecule has 3 N–H and O–H groups in total. The van der Waals surface area contributed by atoms with Crippen LogP contribution in [0, 0.1) is 13.8 Å². The Hall–Kier alpha value is -1.79. The molecule has 0 radical (unpaired) electrons. The lowest BCUT2D eigenvalue weighted by molar-refractivity contribution is 0.441. The summed E-state index contributed by atoms with van der Waals surface area (Å²) in [5, 5.41) is 0. The third-order valence-corrected chi connectivity index (χ3v) is 4.82. The number of hydrogen-bond donors (Lipinski definition) is 2. The summed E-state index contributed by atoms with van der Waals surface area (Å²) in [5.74, 6) is 1.32. The number of sulfonamides is 1. The van der Waals surface area contributed by atoms with Gasteiger partial charge in [0.1, 0.15) is 11.5 Å². The molecule has 0 bridgehead atoms. The van der Waals surface area contributed by atoms with Crippen molar-refractivity contribution in [3.05, 3.63) is 47.4 Å². The van der Waals surface area contributed by atoms with Gasteiger partial charge in [0.25, 0.3) is 0 Å². The van der Waals surface area contributed by atoms with E-state index in [2.05, 4.69) is 4.72 Å². The van der Waals surface area contributed by atoms with Crippen molar-refractivity contribution in [2.24, 2.45) is 0 Å². The van der Waals surface area contributed by atoms with Gasteiger partial charge in [0.05, 0.1) is 10.9 Å². The molecule has 1 unspecified atom stereocenters. The van der Waals surface area contributed by atoms with E-state index in [-0.39, 0.29) is 4.90 Å². The van der Waals surface area contributed by atoms with Gasteiger partial charge >= 0.3 is 0 Å². The maximum absolute atomic E-state index is 12.4. The number of nitrogens with one attached hydrogen (secondary N) is 1. The first kappa shape index (κ1) is 14.6. The third kappa shape index (κ3) is 2.86. The van der Waals surface area contributed by atoms with Crippen LogP contribution in [0.2, 0.25) is 0 Å². The van der Waals surface area contributed by atoms with Gasteiger partial charge < -0.3 is 10.2 Å². The standard InChI is InChI=1S/C14H18N2O3S/c1-9-7-8-13(19-9)11(3)16-20(17,18)14-6-4-5-12(15)10(14)2/h4-8,11,16H,15H2,1-3H3. The monoisotopic (exact) mass is 294 g/mol. The topological polar surface area (TPSA) is 85.3 Å². The molecular formula is C14H18N2O3S. The maximum atomic E-state index is 12.4. The fourth-order valence-electron chi connectivity index (χ4n) is 1.96. The van der Waals surface area contributed by atoms with Gasteiger partial charge in [-0.3, -0.25) is 0 Å². The molecule has 6 heteroatoms. The van der Waals surface area contributed by atoms with Crippen molar-refractivity contribution < 1.29 is 12.8 Å². The predicted molar refractivity (Wildman–Crippen MR) is 77.8 cm³/mol. The molecule has 0 aliphatic carbocycles. The number of aryl methyl sites for hydroxylation is 1. The largest absolute Gasteiger partial charge is 0.465 e. The summed E-state index contributed by atoms with van der Waals surface area (Å²) in [7, 11) is -3.64. The molecule has 2 rings (SSSR count). The second-order valence-electron chi connectivity index (χ2n) is 4.76. The normalized spacial score (nSPS) is 13.3. The van der Waals surface area contributed by atoms with E-state index in [4.69, 9.17) is 10.2 Å². The van der Waals surface area contributed by atoms with Crippen molar-refractivity contribution in [3.8, 4) is 0 Å². The van der Waals surface area contributed by atoms with Crippen LogP contribution in [-0.2, 0) is 10.0 Å². The van der Waals surface area contributed by atoms with Gasteiger partial charge in [0.15, 0.2) is 0 Å². The second kappa shape index (κ2) is 5.30. The molecular weight excluding hydrogens is 276 g/mol. The molecule has 5 nitrogen and oxygen atoms in total. The Kier molecular flexibility index (Phi) is 3.87. The van der Waals surface area contributed by atoms with Crippen LogP contribution in [0.25, 0.3) is 0 Å². The SMILES string of the molecule is Cc1ccc(C(C)NS(=O)(=O)c2cccc(N)c2C)o1. The van der Waals surface area contributed by atoms with E-state index in [1.165, 1.54) is 6.07 Å².